The molecule has 120 valence electrons. The molecule has 1 aromatic carbocycles. The number of sulfonamides is 1. The summed E-state index contributed by atoms with van der Waals surface area (Å²) in [6.07, 6.45) is 0.928. The van der Waals surface area contributed by atoms with E-state index in [0.717, 1.165) is 0 Å². The van der Waals surface area contributed by atoms with Crippen molar-refractivity contribution in [3.8, 4) is 11.5 Å². The molecule has 0 spiro atoms. The lowest BCUT2D eigenvalue weighted by Gasteiger charge is -2.25. The molecule has 1 aromatic rings. The second kappa shape index (κ2) is 7.11. The lowest BCUT2D eigenvalue weighted by molar-refractivity contribution is 0.0377. The van der Waals surface area contributed by atoms with Gasteiger partial charge in [-0.1, -0.05) is 13.8 Å². The molecule has 0 fully saturated rings. The van der Waals surface area contributed by atoms with Gasteiger partial charge in [0, 0.05) is 12.6 Å². The Morgan fingerprint density at radius 3 is 2.29 bits per heavy atom. The van der Waals surface area contributed by atoms with E-state index in [1.165, 1.54) is 26.4 Å². The Kier molecular flexibility index (Phi) is 6.00. The van der Waals surface area contributed by atoms with E-state index in [1.54, 1.807) is 6.07 Å². The SMILES string of the molecule is CCC(O)(CC)CNS(=O)(=O)c1ccc(OC)cc1OC. The highest BCUT2D eigenvalue weighted by Gasteiger charge is 2.27. The van der Waals surface area contributed by atoms with E-state index in [0.29, 0.717) is 18.6 Å². The molecule has 0 amide bonds. The van der Waals surface area contributed by atoms with E-state index in [9.17, 15) is 13.5 Å². The maximum absolute atomic E-state index is 12.3. The third-order valence-corrected chi connectivity index (χ3v) is 5.01. The highest BCUT2D eigenvalue weighted by molar-refractivity contribution is 7.89. The van der Waals surface area contributed by atoms with Crippen LogP contribution in [0.5, 0.6) is 11.5 Å². The predicted molar refractivity (Wildman–Crippen MR) is 80.3 cm³/mol. The molecule has 0 aliphatic carbocycles. The molecule has 2 N–H and O–H groups in total. The summed E-state index contributed by atoms with van der Waals surface area (Å²) >= 11 is 0. The smallest absolute Gasteiger partial charge is 0.244 e. The standard InChI is InChI=1S/C14H23NO5S/c1-5-14(16,6-2)10-15-21(17,18)13-8-7-11(19-3)9-12(13)20-4/h7-9,15-16H,5-6,10H2,1-4H3. The summed E-state index contributed by atoms with van der Waals surface area (Å²) in [6.45, 7) is 3.58. The van der Waals surface area contributed by atoms with Crippen LogP contribution in [0.15, 0.2) is 23.1 Å². The monoisotopic (exact) mass is 317 g/mol. The second-order valence-corrected chi connectivity index (χ2v) is 6.51. The molecule has 0 heterocycles. The Morgan fingerprint density at radius 1 is 1.19 bits per heavy atom. The summed E-state index contributed by atoms with van der Waals surface area (Å²) in [5.74, 6) is 0.697. The Morgan fingerprint density at radius 2 is 1.81 bits per heavy atom. The van der Waals surface area contributed by atoms with Crippen LogP contribution >= 0.6 is 0 Å². The van der Waals surface area contributed by atoms with Gasteiger partial charge in [-0.3, -0.25) is 0 Å². The van der Waals surface area contributed by atoms with Crippen molar-refractivity contribution in [1.29, 1.82) is 0 Å². The van der Waals surface area contributed by atoms with Gasteiger partial charge >= 0.3 is 0 Å². The maximum atomic E-state index is 12.3. The predicted octanol–water partition coefficient (Wildman–Crippen LogP) is 1.53. The number of rotatable bonds is 8. The molecule has 0 aromatic heterocycles. The van der Waals surface area contributed by atoms with Crippen molar-refractivity contribution < 1.29 is 23.0 Å². The number of aliphatic hydroxyl groups is 1. The zero-order valence-electron chi connectivity index (χ0n) is 12.8. The molecule has 0 saturated carbocycles. The first-order chi connectivity index (χ1) is 9.81. The number of benzene rings is 1. The van der Waals surface area contributed by atoms with E-state index >= 15 is 0 Å². The molecule has 0 bridgehead atoms. The lowest BCUT2D eigenvalue weighted by Crippen LogP contribution is -2.42. The molecule has 6 nitrogen and oxygen atoms in total. The lowest BCUT2D eigenvalue weighted by atomic mass is 9.98. The Balaban J connectivity index is 3.03. The van der Waals surface area contributed by atoms with E-state index < -0.39 is 15.6 Å². The van der Waals surface area contributed by atoms with Crippen molar-refractivity contribution in [3.05, 3.63) is 18.2 Å². The van der Waals surface area contributed by atoms with Crippen molar-refractivity contribution >= 4 is 10.0 Å². The topological polar surface area (TPSA) is 84.9 Å². The Bertz CT molecular complexity index is 567. The fourth-order valence-electron chi connectivity index (χ4n) is 1.80. The van der Waals surface area contributed by atoms with Crippen molar-refractivity contribution in [2.24, 2.45) is 0 Å². The third kappa shape index (κ3) is 4.33. The number of nitrogens with one attached hydrogen (secondary N) is 1. The molecule has 0 saturated heterocycles. The van der Waals surface area contributed by atoms with Crippen molar-refractivity contribution in [1.82, 2.24) is 4.72 Å². The number of methoxy groups -OCH3 is 2. The average Bonchev–Trinajstić information content (AvgIpc) is 2.51. The van der Waals surface area contributed by atoms with Crippen LogP contribution in [0.4, 0.5) is 0 Å². The summed E-state index contributed by atoms with van der Waals surface area (Å²) in [4.78, 5) is 0.0142. The highest BCUT2D eigenvalue weighted by Crippen LogP contribution is 2.28. The summed E-state index contributed by atoms with van der Waals surface area (Å²) in [6, 6.07) is 4.46. The van der Waals surface area contributed by atoms with Crippen LogP contribution in [-0.2, 0) is 10.0 Å². The molecule has 0 unspecified atom stereocenters. The van der Waals surface area contributed by atoms with Crippen LogP contribution in [-0.4, -0.2) is 39.9 Å². The fourth-order valence-corrected chi connectivity index (χ4v) is 3.07. The van der Waals surface area contributed by atoms with Crippen LogP contribution in [0.3, 0.4) is 0 Å². The van der Waals surface area contributed by atoms with Gasteiger partial charge in [0.1, 0.15) is 16.4 Å². The first-order valence-corrected chi connectivity index (χ1v) is 8.24. The van der Waals surface area contributed by atoms with E-state index in [1.807, 2.05) is 13.8 Å². The summed E-state index contributed by atoms with van der Waals surface area (Å²) in [5.41, 5.74) is -1.05. The van der Waals surface area contributed by atoms with Gasteiger partial charge in [0.15, 0.2) is 0 Å². The normalized spacial score (nSPS) is 12.2. The zero-order chi connectivity index (χ0) is 16.1. The van der Waals surface area contributed by atoms with Gasteiger partial charge in [0.25, 0.3) is 0 Å². The van der Waals surface area contributed by atoms with Crippen LogP contribution in [0.1, 0.15) is 26.7 Å². The number of hydrogen-bond donors (Lipinski definition) is 2. The van der Waals surface area contributed by atoms with Crippen molar-refractivity contribution in [2.45, 2.75) is 37.2 Å². The summed E-state index contributed by atoms with van der Waals surface area (Å²) in [5, 5.41) is 10.2. The minimum atomic E-state index is -3.77. The summed E-state index contributed by atoms with van der Waals surface area (Å²) in [7, 11) is -0.891. The minimum absolute atomic E-state index is 0.0142. The first-order valence-electron chi connectivity index (χ1n) is 6.76. The van der Waals surface area contributed by atoms with E-state index in [4.69, 9.17) is 9.47 Å². The number of hydrogen-bond acceptors (Lipinski definition) is 5. The minimum Gasteiger partial charge on any atom is -0.497 e. The van der Waals surface area contributed by atoms with Gasteiger partial charge in [0.2, 0.25) is 10.0 Å². The van der Waals surface area contributed by atoms with E-state index in [-0.39, 0.29) is 17.2 Å². The van der Waals surface area contributed by atoms with Gasteiger partial charge < -0.3 is 14.6 Å². The van der Waals surface area contributed by atoms with Crippen molar-refractivity contribution in [2.75, 3.05) is 20.8 Å². The molecule has 0 aliphatic rings. The maximum Gasteiger partial charge on any atom is 0.244 e. The Labute approximate surface area is 126 Å². The molecule has 1 rings (SSSR count). The van der Waals surface area contributed by atoms with Crippen LogP contribution < -0.4 is 14.2 Å². The molecule has 21 heavy (non-hydrogen) atoms. The molecule has 0 aliphatic heterocycles. The fraction of sp³-hybridized carbons (Fsp3) is 0.571. The zero-order valence-corrected chi connectivity index (χ0v) is 13.7. The highest BCUT2D eigenvalue weighted by atomic mass is 32.2. The van der Waals surface area contributed by atoms with E-state index in [2.05, 4.69) is 4.72 Å². The van der Waals surface area contributed by atoms with Gasteiger partial charge in [-0.05, 0) is 25.0 Å². The first kappa shape index (κ1) is 17.7. The number of ether oxygens (including phenoxy) is 2. The largest absolute Gasteiger partial charge is 0.497 e. The van der Waals surface area contributed by atoms with Gasteiger partial charge in [-0.2, -0.15) is 0 Å². The summed E-state index contributed by atoms with van der Waals surface area (Å²) < 4.78 is 37.3. The van der Waals surface area contributed by atoms with Crippen molar-refractivity contribution in [3.63, 3.8) is 0 Å². The van der Waals surface area contributed by atoms with Gasteiger partial charge in [0.05, 0.1) is 19.8 Å². The molecule has 0 radical (unpaired) electrons. The van der Waals surface area contributed by atoms with Gasteiger partial charge in [-0.25, -0.2) is 13.1 Å². The van der Waals surface area contributed by atoms with Crippen LogP contribution in [0, 0.1) is 0 Å². The quantitative estimate of drug-likeness (QED) is 0.759. The van der Waals surface area contributed by atoms with Crippen LogP contribution in [0.25, 0.3) is 0 Å². The Hall–Kier alpha value is -1.31. The third-order valence-electron chi connectivity index (χ3n) is 3.57. The molecular formula is C14H23NO5S. The van der Waals surface area contributed by atoms with Gasteiger partial charge in [-0.15, -0.1) is 0 Å². The second-order valence-electron chi connectivity index (χ2n) is 4.77. The molecule has 0 atom stereocenters. The molecular weight excluding hydrogens is 294 g/mol. The average molecular weight is 317 g/mol. The van der Waals surface area contributed by atoms with Crippen LogP contribution in [0.2, 0.25) is 0 Å². The molecule has 7 heteroatoms.